The second kappa shape index (κ2) is 7.39. The van der Waals surface area contributed by atoms with Gasteiger partial charge < -0.3 is 10.4 Å². The second-order valence-corrected chi connectivity index (χ2v) is 5.98. The van der Waals surface area contributed by atoms with Crippen LogP contribution >= 0.6 is 0 Å². The van der Waals surface area contributed by atoms with Crippen molar-refractivity contribution >= 4 is 17.6 Å². The highest BCUT2D eigenvalue weighted by atomic mass is 16.6. The molecule has 8 heteroatoms. The van der Waals surface area contributed by atoms with E-state index in [1.54, 1.807) is 19.1 Å². The van der Waals surface area contributed by atoms with Crippen molar-refractivity contribution in [3.8, 4) is 0 Å². The number of nitro groups is 1. The van der Waals surface area contributed by atoms with E-state index in [0.29, 0.717) is 24.9 Å². The predicted molar refractivity (Wildman–Crippen MR) is 87.0 cm³/mol. The van der Waals surface area contributed by atoms with Crippen LogP contribution in [0.25, 0.3) is 0 Å². The van der Waals surface area contributed by atoms with Gasteiger partial charge in [0, 0.05) is 17.6 Å². The van der Waals surface area contributed by atoms with Gasteiger partial charge in [0.05, 0.1) is 11.5 Å². The van der Waals surface area contributed by atoms with Crippen LogP contribution < -0.4 is 5.32 Å². The summed E-state index contributed by atoms with van der Waals surface area (Å²) in [5.41, 5.74) is 0.325. The Morgan fingerprint density at radius 1 is 1.42 bits per heavy atom. The molecule has 0 saturated heterocycles. The zero-order chi connectivity index (χ0) is 17.9. The van der Waals surface area contributed by atoms with Gasteiger partial charge in [-0.15, -0.1) is 0 Å². The topological polar surface area (TPSA) is 113 Å². The van der Waals surface area contributed by atoms with Crippen LogP contribution in [0, 0.1) is 17.0 Å². The fraction of sp³-hybridized carbons (Fsp3) is 0.500. The average molecular weight is 335 g/mol. The van der Waals surface area contributed by atoms with Crippen molar-refractivity contribution in [2.24, 2.45) is 0 Å². The molecule has 0 spiro atoms. The van der Waals surface area contributed by atoms with Crippen LogP contribution in [0.15, 0.2) is 18.2 Å². The van der Waals surface area contributed by atoms with Gasteiger partial charge in [0.25, 0.3) is 11.6 Å². The molecule has 1 saturated carbocycles. The summed E-state index contributed by atoms with van der Waals surface area (Å²) in [4.78, 5) is 35.6. The third kappa shape index (κ3) is 3.88. The number of likely N-dealkylation sites (N-methyl/N-ethyl adjacent to an activating group) is 1. The first-order valence-electron chi connectivity index (χ1n) is 7.84. The second-order valence-electron chi connectivity index (χ2n) is 5.98. The van der Waals surface area contributed by atoms with Crippen LogP contribution in [0.5, 0.6) is 0 Å². The Kier molecular flexibility index (Phi) is 5.50. The zero-order valence-electron chi connectivity index (χ0n) is 13.7. The van der Waals surface area contributed by atoms with Crippen molar-refractivity contribution < 1.29 is 19.6 Å². The van der Waals surface area contributed by atoms with Gasteiger partial charge in [-0.25, -0.2) is 0 Å². The number of nitrogens with zero attached hydrogens (tertiary/aromatic N) is 2. The summed E-state index contributed by atoms with van der Waals surface area (Å²) < 4.78 is 0. The van der Waals surface area contributed by atoms with Crippen LogP contribution in [0.2, 0.25) is 0 Å². The number of carboxylic acid groups (broad SMARTS) is 1. The molecule has 2 rings (SSSR count). The number of nitro benzene ring substituents is 1. The summed E-state index contributed by atoms with van der Waals surface area (Å²) in [5, 5.41) is 22.8. The van der Waals surface area contributed by atoms with Crippen LogP contribution in [0.3, 0.4) is 0 Å². The smallest absolute Gasteiger partial charge is 0.317 e. The number of carboxylic acids is 1. The number of amides is 1. The monoisotopic (exact) mass is 335 g/mol. The Morgan fingerprint density at radius 2 is 2.08 bits per heavy atom. The van der Waals surface area contributed by atoms with Gasteiger partial charge in [-0.2, -0.15) is 0 Å². The Balaban J connectivity index is 1.97. The van der Waals surface area contributed by atoms with E-state index < -0.39 is 16.8 Å². The van der Waals surface area contributed by atoms with Gasteiger partial charge in [-0.05, 0) is 32.4 Å². The number of aliphatic carboxylic acids is 1. The number of carbonyl (C=O) groups excluding carboxylic acids is 1. The summed E-state index contributed by atoms with van der Waals surface area (Å²) in [5.74, 6) is -1.34. The summed E-state index contributed by atoms with van der Waals surface area (Å²) in [6.45, 7) is 4.09. The summed E-state index contributed by atoms with van der Waals surface area (Å²) in [6.07, 6.45) is 1.29. The van der Waals surface area contributed by atoms with Crippen molar-refractivity contribution in [2.45, 2.75) is 38.8 Å². The first-order chi connectivity index (χ1) is 11.3. The van der Waals surface area contributed by atoms with E-state index in [4.69, 9.17) is 5.11 Å². The van der Waals surface area contributed by atoms with E-state index in [9.17, 15) is 19.7 Å². The number of rotatable bonds is 7. The molecule has 0 aliphatic heterocycles. The predicted octanol–water partition coefficient (Wildman–Crippen LogP) is 1.57. The molecule has 1 aliphatic carbocycles. The van der Waals surface area contributed by atoms with E-state index in [1.807, 2.05) is 11.8 Å². The van der Waals surface area contributed by atoms with Crippen molar-refractivity contribution in [1.29, 1.82) is 0 Å². The molecule has 1 aromatic carbocycles. The van der Waals surface area contributed by atoms with E-state index >= 15 is 0 Å². The van der Waals surface area contributed by atoms with Crippen molar-refractivity contribution in [3.63, 3.8) is 0 Å². The number of hydrogen-bond acceptors (Lipinski definition) is 5. The Hall–Kier alpha value is -2.48. The minimum Gasteiger partial charge on any atom is -0.480 e. The third-order valence-electron chi connectivity index (χ3n) is 4.37. The largest absolute Gasteiger partial charge is 0.480 e. The first kappa shape index (κ1) is 17.9. The standard InChI is InChI=1S/C16H21N3O5/c1-3-18(9-14(20)21)12-7-11(8-12)17-16(22)13-6-4-5-10(2)15(13)19(23)24/h4-6,11-12H,3,7-9H2,1-2H3,(H,17,22)(H,20,21). The Morgan fingerprint density at radius 3 is 2.62 bits per heavy atom. The zero-order valence-corrected chi connectivity index (χ0v) is 13.7. The van der Waals surface area contributed by atoms with E-state index in [-0.39, 0.29) is 29.9 Å². The van der Waals surface area contributed by atoms with E-state index in [2.05, 4.69) is 5.32 Å². The first-order valence-corrected chi connectivity index (χ1v) is 7.84. The number of carbonyl (C=O) groups is 2. The lowest BCUT2D eigenvalue weighted by Crippen LogP contribution is -2.54. The minimum atomic E-state index is -0.875. The SMILES string of the molecule is CCN(CC(=O)O)C1CC(NC(=O)c2cccc(C)c2[N+](=O)[O-])C1. The van der Waals surface area contributed by atoms with Crippen molar-refractivity contribution in [2.75, 3.05) is 13.1 Å². The molecule has 0 unspecified atom stereocenters. The van der Waals surface area contributed by atoms with Crippen LogP contribution in [0.1, 0.15) is 35.7 Å². The minimum absolute atomic E-state index is 0.0226. The van der Waals surface area contributed by atoms with Crippen molar-refractivity contribution in [1.82, 2.24) is 10.2 Å². The van der Waals surface area contributed by atoms with Gasteiger partial charge in [0.2, 0.25) is 0 Å². The molecule has 130 valence electrons. The maximum absolute atomic E-state index is 12.3. The third-order valence-corrected chi connectivity index (χ3v) is 4.37. The van der Waals surface area contributed by atoms with Gasteiger partial charge in [0.15, 0.2) is 0 Å². The average Bonchev–Trinajstić information content (AvgIpc) is 2.47. The van der Waals surface area contributed by atoms with Gasteiger partial charge in [0.1, 0.15) is 5.56 Å². The molecule has 8 nitrogen and oxygen atoms in total. The molecule has 1 fully saturated rings. The molecule has 0 bridgehead atoms. The number of hydrogen-bond donors (Lipinski definition) is 2. The molecule has 0 heterocycles. The number of benzene rings is 1. The molecule has 0 radical (unpaired) electrons. The highest BCUT2D eigenvalue weighted by Crippen LogP contribution is 2.27. The highest BCUT2D eigenvalue weighted by molar-refractivity contribution is 5.98. The maximum Gasteiger partial charge on any atom is 0.317 e. The molecule has 0 atom stereocenters. The Labute approximate surface area is 139 Å². The van der Waals surface area contributed by atoms with Crippen LogP contribution in [-0.2, 0) is 4.79 Å². The van der Waals surface area contributed by atoms with Gasteiger partial charge in [-0.1, -0.05) is 19.1 Å². The molecule has 1 aliphatic rings. The Bertz CT molecular complexity index is 655. The number of aryl methyl sites for hydroxylation is 1. The molecule has 1 amide bonds. The number of para-hydroxylation sites is 1. The summed E-state index contributed by atoms with van der Waals surface area (Å²) >= 11 is 0. The fourth-order valence-corrected chi connectivity index (χ4v) is 3.02. The lowest BCUT2D eigenvalue weighted by molar-refractivity contribution is -0.385. The number of nitrogens with one attached hydrogen (secondary N) is 1. The van der Waals surface area contributed by atoms with E-state index in [1.165, 1.54) is 6.07 Å². The fourth-order valence-electron chi connectivity index (χ4n) is 3.02. The van der Waals surface area contributed by atoms with Gasteiger partial charge >= 0.3 is 5.97 Å². The van der Waals surface area contributed by atoms with E-state index in [0.717, 1.165) is 0 Å². The quantitative estimate of drug-likeness (QED) is 0.578. The molecule has 24 heavy (non-hydrogen) atoms. The molecule has 0 aromatic heterocycles. The molecular weight excluding hydrogens is 314 g/mol. The molecule has 1 aromatic rings. The lowest BCUT2D eigenvalue weighted by atomic mass is 9.85. The van der Waals surface area contributed by atoms with Crippen LogP contribution in [0.4, 0.5) is 5.69 Å². The summed E-state index contributed by atoms with van der Waals surface area (Å²) in [6, 6.07) is 4.68. The lowest BCUT2D eigenvalue weighted by Gasteiger charge is -2.42. The normalized spacial score (nSPS) is 19.6. The van der Waals surface area contributed by atoms with Crippen LogP contribution in [-0.4, -0.2) is 52.0 Å². The van der Waals surface area contributed by atoms with Gasteiger partial charge in [-0.3, -0.25) is 24.6 Å². The molecule has 2 N–H and O–H groups in total. The van der Waals surface area contributed by atoms with Crippen molar-refractivity contribution in [3.05, 3.63) is 39.4 Å². The summed E-state index contributed by atoms with van der Waals surface area (Å²) in [7, 11) is 0. The maximum atomic E-state index is 12.3. The highest BCUT2D eigenvalue weighted by Gasteiger charge is 2.35. The molecular formula is C16H21N3O5.